The highest BCUT2D eigenvalue weighted by Crippen LogP contribution is 2.29. The molecule has 0 aliphatic carbocycles. The molecule has 0 fully saturated rings. The summed E-state index contributed by atoms with van der Waals surface area (Å²) >= 11 is 0. The van der Waals surface area contributed by atoms with Crippen molar-refractivity contribution in [2.45, 2.75) is 26.8 Å². The largest absolute Gasteiger partial charge is 0.323 e. The van der Waals surface area contributed by atoms with Gasteiger partial charge in [0, 0.05) is 17.8 Å². The van der Waals surface area contributed by atoms with Crippen LogP contribution >= 0.6 is 0 Å². The zero-order chi connectivity index (χ0) is 8.48. The molecule has 1 rings (SSSR count). The molecule has 0 aliphatic rings. The topological polar surface area (TPSA) is 54.7 Å². The Morgan fingerprint density at radius 2 is 2.18 bits per heavy atom. The molecule has 3 N–H and O–H groups in total. The van der Waals surface area contributed by atoms with E-state index in [1.165, 1.54) is 0 Å². The van der Waals surface area contributed by atoms with Gasteiger partial charge in [0.2, 0.25) is 0 Å². The molecule has 0 saturated carbocycles. The molecular formula is C8H15N3. The molecule has 3 nitrogen and oxygen atoms in total. The van der Waals surface area contributed by atoms with Crippen LogP contribution in [0.4, 0.5) is 0 Å². The van der Waals surface area contributed by atoms with E-state index in [-0.39, 0.29) is 11.5 Å². The molecule has 1 aromatic heterocycles. The molecule has 0 saturated heterocycles. The third kappa shape index (κ3) is 1.80. The Labute approximate surface area is 67.0 Å². The van der Waals surface area contributed by atoms with Gasteiger partial charge in [0.1, 0.15) is 0 Å². The van der Waals surface area contributed by atoms with Crippen LogP contribution < -0.4 is 5.73 Å². The fraction of sp³-hybridized carbons (Fsp3) is 0.625. The van der Waals surface area contributed by atoms with E-state index in [2.05, 4.69) is 31.0 Å². The maximum Gasteiger partial charge on any atom is 0.0535 e. The number of H-pyrrole nitrogens is 1. The fourth-order valence-corrected chi connectivity index (χ4v) is 0.931. The Kier molecular flexibility index (Phi) is 2.00. The van der Waals surface area contributed by atoms with Crippen molar-refractivity contribution in [2.75, 3.05) is 0 Å². The van der Waals surface area contributed by atoms with Gasteiger partial charge in [-0.25, -0.2) is 0 Å². The molecule has 0 radical (unpaired) electrons. The number of hydrogen-bond acceptors (Lipinski definition) is 2. The Morgan fingerprint density at radius 3 is 2.55 bits per heavy atom. The van der Waals surface area contributed by atoms with Crippen LogP contribution in [-0.4, -0.2) is 10.2 Å². The Balaban J connectivity index is 2.78. The second kappa shape index (κ2) is 2.66. The number of rotatable bonds is 1. The van der Waals surface area contributed by atoms with Crippen molar-refractivity contribution in [3.8, 4) is 0 Å². The minimum atomic E-state index is 0.0567. The Bertz CT molecular complexity index is 208. The lowest BCUT2D eigenvalue weighted by Gasteiger charge is -2.25. The predicted molar refractivity (Wildman–Crippen MR) is 45.0 cm³/mol. The van der Waals surface area contributed by atoms with Gasteiger partial charge in [0.05, 0.1) is 6.20 Å². The van der Waals surface area contributed by atoms with Gasteiger partial charge in [-0.15, -0.1) is 0 Å². The van der Waals surface area contributed by atoms with Crippen molar-refractivity contribution in [1.29, 1.82) is 0 Å². The molecular weight excluding hydrogens is 138 g/mol. The zero-order valence-electron chi connectivity index (χ0n) is 7.26. The van der Waals surface area contributed by atoms with Gasteiger partial charge in [0.15, 0.2) is 0 Å². The fourth-order valence-electron chi connectivity index (χ4n) is 0.931. The molecule has 0 aromatic carbocycles. The molecule has 0 spiro atoms. The molecule has 1 heterocycles. The predicted octanol–water partition coefficient (Wildman–Crippen LogP) is 1.46. The van der Waals surface area contributed by atoms with Crippen molar-refractivity contribution in [1.82, 2.24) is 10.2 Å². The van der Waals surface area contributed by atoms with Crippen LogP contribution in [0.25, 0.3) is 0 Å². The smallest absolute Gasteiger partial charge is 0.0535 e. The average molecular weight is 153 g/mol. The number of nitrogens with two attached hydrogens (primary N) is 1. The van der Waals surface area contributed by atoms with Crippen LogP contribution in [0, 0.1) is 5.41 Å². The van der Waals surface area contributed by atoms with Crippen LogP contribution in [-0.2, 0) is 0 Å². The normalized spacial score (nSPS) is 14.9. The second-order valence-electron chi connectivity index (χ2n) is 3.88. The molecule has 0 amide bonds. The molecule has 62 valence electrons. The quantitative estimate of drug-likeness (QED) is 0.641. The van der Waals surface area contributed by atoms with Crippen molar-refractivity contribution in [3.05, 3.63) is 18.0 Å². The maximum atomic E-state index is 5.96. The number of nitrogens with one attached hydrogen (secondary N) is 1. The minimum Gasteiger partial charge on any atom is -0.323 e. The SMILES string of the molecule is CC(C)(C)C(N)c1cn[nH]c1. The summed E-state index contributed by atoms with van der Waals surface area (Å²) < 4.78 is 0. The van der Waals surface area contributed by atoms with Gasteiger partial charge < -0.3 is 5.73 Å². The van der Waals surface area contributed by atoms with Gasteiger partial charge in [-0.3, -0.25) is 5.10 Å². The second-order valence-corrected chi connectivity index (χ2v) is 3.88. The summed E-state index contributed by atoms with van der Waals surface area (Å²) in [6.07, 6.45) is 3.62. The van der Waals surface area contributed by atoms with Crippen molar-refractivity contribution >= 4 is 0 Å². The van der Waals surface area contributed by atoms with Gasteiger partial charge in [-0.05, 0) is 5.41 Å². The van der Waals surface area contributed by atoms with Crippen LogP contribution in [0.1, 0.15) is 32.4 Å². The minimum absolute atomic E-state index is 0.0567. The number of nitrogens with zero attached hydrogens (tertiary/aromatic N) is 1. The lowest BCUT2D eigenvalue weighted by atomic mass is 9.84. The molecule has 0 bridgehead atoms. The first kappa shape index (κ1) is 8.27. The Morgan fingerprint density at radius 1 is 1.55 bits per heavy atom. The van der Waals surface area contributed by atoms with E-state index in [4.69, 9.17) is 5.73 Å². The average Bonchev–Trinajstić information content (AvgIpc) is 2.34. The summed E-state index contributed by atoms with van der Waals surface area (Å²) in [4.78, 5) is 0. The Hall–Kier alpha value is -0.830. The molecule has 1 aromatic rings. The van der Waals surface area contributed by atoms with E-state index in [0.29, 0.717) is 0 Å². The lowest BCUT2D eigenvalue weighted by Crippen LogP contribution is -2.25. The van der Waals surface area contributed by atoms with Crippen LogP contribution in [0.5, 0.6) is 0 Å². The zero-order valence-corrected chi connectivity index (χ0v) is 7.26. The van der Waals surface area contributed by atoms with Gasteiger partial charge in [0.25, 0.3) is 0 Å². The van der Waals surface area contributed by atoms with Crippen LogP contribution in [0.3, 0.4) is 0 Å². The monoisotopic (exact) mass is 153 g/mol. The van der Waals surface area contributed by atoms with Crippen molar-refractivity contribution < 1.29 is 0 Å². The molecule has 1 unspecified atom stereocenters. The summed E-state index contributed by atoms with van der Waals surface area (Å²) in [6, 6.07) is 0.0567. The summed E-state index contributed by atoms with van der Waals surface area (Å²) in [5.74, 6) is 0. The summed E-state index contributed by atoms with van der Waals surface area (Å²) in [7, 11) is 0. The maximum absolute atomic E-state index is 5.96. The summed E-state index contributed by atoms with van der Waals surface area (Å²) in [5.41, 5.74) is 7.12. The summed E-state index contributed by atoms with van der Waals surface area (Å²) in [6.45, 7) is 6.35. The van der Waals surface area contributed by atoms with Crippen molar-refractivity contribution in [3.63, 3.8) is 0 Å². The lowest BCUT2D eigenvalue weighted by molar-refractivity contribution is 0.327. The van der Waals surface area contributed by atoms with Gasteiger partial charge in [-0.2, -0.15) is 5.10 Å². The van der Waals surface area contributed by atoms with E-state index >= 15 is 0 Å². The van der Waals surface area contributed by atoms with E-state index in [1.807, 2.05) is 6.20 Å². The highest BCUT2D eigenvalue weighted by molar-refractivity contribution is 5.11. The molecule has 0 aliphatic heterocycles. The van der Waals surface area contributed by atoms with E-state index in [9.17, 15) is 0 Å². The molecule has 11 heavy (non-hydrogen) atoms. The first-order chi connectivity index (χ1) is 5.02. The number of aromatic amines is 1. The highest BCUT2D eigenvalue weighted by atomic mass is 15.1. The summed E-state index contributed by atoms with van der Waals surface area (Å²) in [5, 5.41) is 6.60. The third-order valence-electron chi connectivity index (χ3n) is 1.81. The standard InChI is InChI=1S/C8H15N3/c1-8(2,3)7(9)6-4-10-11-5-6/h4-5,7H,9H2,1-3H3,(H,10,11). The molecule has 1 atom stereocenters. The van der Waals surface area contributed by atoms with Gasteiger partial charge in [-0.1, -0.05) is 20.8 Å². The first-order valence-corrected chi connectivity index (χ1v) is 3.76. The number of hydrogen-bond donors (Lipinski definition) is 2. The first-order valence-electron chi connectivity index (χ1n) is 3.76. The van der Waals surface area contributed by atoms with E-state index in [0.717, 1.165) is 5.56 Å². The number of aromatic nitrogens is 2. The van der Waals surface area contributed by atoms with Crippen molar-refractivity contribution in [2.24, 2.45) is 11.1 Å². The van der Waals surface area contributed by atoms with Crippen LogP contribution in [0.15, 0.2) is 12.4 Å². The van der Waals surface area contributed by atoms with Crippen LogP contribution in [0.2, 0.25) is 0 Å². The third-order valence-corrected chi connectivity index (χ3v) is 1.81. The molecule has 3 heteroatoms. The van der Waals surface area contributed by atoms with Gasteiger partial charge >= 0.3 is 0 Å². The van der Waals surface area contributed by atoms with E-state index in [1.54, 1.807) is 6.20 Å². The van der Waals surface area contributed by atoms with E-state index < -0.39 is 0 Å². The highest BCUT2D eigenvalue weighted by Gasteiger charge is 2.22.